The molecule has 1 aromatic heterocycles. The molecule has 0 amide bonds. The van der Waals surface area contributed by atoms with E-state index < -0.39 is 0 Å². The topological polar surface area (TPSA) is 28.4 Å². The Bertz CT molecular complexity index is 945. The fourth-order valence-corrected chi connectivity index (χ4v) is 4.33. The Kier molecular flexibility index (Phi) is 5.47. The van der Waals surface area contributed by atoms with Crippen LogP contribution in [0.25, 0.3) is 0 Å². The summed E-state index contributed by atoms with van der Waals surface area (Å²) < 4.78 is 2.30. The molecule has 3 aromatic rings. The Hall–Kier alpha value is -2.23. The average molecular weight is 395 g/mol. The predicted molar refractivity (Wildman–Crippen MR) is 115 cm³/mol. The van der Waals surface area contributed by atoms with Crippen LogP contribution in [0.5, 0.6) is 5.75 Å². The predicted octanol–water partition coefficient (Wildman–Crippen LogP) is 5.97. The first kappa shape index (κ1) is 19.1. The van der Waals surface area contributed by atoms with Gasteiger partial charge in [0.1, 0.15) is 5.75 Å². The number of phenolic OH excluding ortho intramolecular Hbond substituents is 1. The van der Waals surface area contributed by atoms with Crippen molar-refractivity contribution in [2.75, 3.05) is 6.54 Å². The van der Waals surface area contributed by atoms with Crippen molar-refractivity contribution in [3.63, 3.8) is 0 Å². The highest BCUT2D eigenvalue weighted by Gasteiger charge is 2.29. The molecule has 0 bridgehead atoms. The van der Waals surface area contributed by atoms with Gasteiger partial charge in [0.25, 0.3) is 0 Å². The second kappa shape index (κ2) is 8.02. The summed E-state index contributed by atoms with van der Waals surface area (Å²) in [4.78, 5) is 2.45. The number of nitrogens with zero attached hydrogens (tertiary/aromatic N) is 2. The third kappa shape index (κ3) is 3.82. The van der Waals surface area contributed by atoms with E-state index in [-0.39, 0.29) is 6.04 Å². The van der Waals surface area contributed by atoms with Gasteiger partial charge in [-0.15, -0.1) is 0 Å². The molecular formula is C24H27ClN2O. The highest BCUT2D eigenvalue weighted by atomic mass is 35.5. The third-order valence-corrected chi connectivity index (χ3v) is 5.91. The summed E-state index contributed by atoms with van der Waals surface area (Å²) in [5.41, 5.74) is 4.72. The first-order valence-corrected chi connectivity index (χ1v) is 10.4. The molecule has 0 saturated heterocycles. The van der Waals surface area contributed by atoms with Crippen molar-refractivity contribution in [3.05, 3.63) is 88.2 Å². The second-order valence-corrected chi connectivity index (χ2v) is 8.39. The fraction of sp³-hybridized carbons (Fsp3) is 0.333. The molecule has 0 saturated carbocycles. The maximum Gasteiger partial charge on any atom is 0.120 e. The van der Waals surface area contributed by atoms with E-state index in [0.29, 0.717) is 16.7 Å². The molecule has 2 aromatic carbocycles. The molecule has 1 unspecified atom stereocenters. The summed E-state index contributed by atoms with van der Waals surface area (Å²) in [6, 6.07) is 18.5. The lowest BCUT2D eigenvalue weighted by atomic mass is 9.98. The molecular weight excluding hydrogens is 368 g/mol. The van der Waals surface area contributed by atoms with Crippen molar-refractivity contribution in [2.45, 2.75) is 45.3 Å². The number of phenols is 1. The number of fused-ring (bicyclic) bond motifs is 1. The maximum atomic E-state index is 10.6. The van der Waals surface area contributed by atoms with Crippen LogP contribution < -0.4 is 0 Å². The zero-order chi connectivity index (χ0) is 19.7. The quantitative estimate of drug-likeness (QED) is 0.590. The van der Waals surface area contributed by atoms with Crippen molar-refractivity contribution in [3.8, 4) is 5.75 Å². The number of halogens is 1. The first-order chi connectivity index (χ1) is 13.5. The molecule has 0 fully saturated rings. The van der Waals surface area contributed by atoms with Gasteiger partial charge in [-0.3, -0.25) is 4.90 Å². The molecule has 1 N–H and O–H groups in total. The van der Waals surface area contributed by atoms with E-state index in [9.17, 15) is 5.11 Å². The summed E-state index contributed by atoms with van der Waals surface area (Å²) in [6.07, 6.45) is 3.20. The molecule has 0 aliphatic carbocycles. The van der Waals surface area contributed by atoms with Gasteiger partial charge in [-0.2, -0.15) is 0 Å². The molecule has 28 heavy (non-hydrogen) atoms. The summed E-state index contributed by atoms with van der Waals surface area (Å²) in [6.45, 7) is 7.22. The van der Waals surface area contributed by atoms with Gasteiger partial charge in [-0.1, -0.05) is 49.7 Å². The largest absolute Gasteiger partial charge is 0.508 e. The molecule has 1 aliphatic heterocycles. The number of rotatable bonds is 4. The number of hydrogen-bond acceptors (Lipinski definition) is 2. The molecule has 1 aliphatic rings. The standard InChI is InChI=1S/C24H27ClN2O/c1-17(2)19-8-6-18(7-9-19)16-27-14-4-13-26-12-3-5-22(26)24(27)21-15-20(25)10-11-23(21)28/h3,5-12,15,17,24,28H,4,13-14,16H2,1-2H3. The minimum atomic E-state index is -0.0269. The van der Waals surface area contributed by atoms with Gasteiger partial charge in [-0.05, 0) is 53.8 Å². The summed E-state index contributed by atoms with van der Waals surface area (Å²) in [5, 5.41) is 11.3. The average Bonchev–Trinajstić information content (AvgIpc) is 3.06. The van der Waals surface area contributed by atoms with Gasteiger partial charge < -0.3 is 9.67 Å². The normalized spacial score (nSPS) is 17.5. The van der Waals surface area contributed by atoms with Crippen molar-refractivity contribution in [1.82, 2.24) is 9.47 Å². The molecule has 4 rings (SSSR count). The molecule has 1 atom stereocenters. The highest BCUT2D eigenvalue weighted by Crippen LogP contribution is 2.38. The van der Waals surface area contributed by atoms with Crippen molar-refractivity contribution in [1.29, 1.82) is 0 Å². The SMILES string of the molecule is CC(C)c1ccc(CN2CCCn3cccc3C2c2cc(Cl)ccc2O)cc1. The Morgan fingerprint density at radius 1 is 1.07 bits per heavy atom. The van der Waals surface area contributed by atoms with Crippen molar-refractivity contribution >= 4 is 11.6 Å². The van der Waals surface area contributed by atoms with Crippen LogP contribution in [0.15, 0.2) is 60.8 Å². The minimum absolute atomic E-state index is 0.0269. The minimum Gasteiger partial charge on any atom is -0.508 e. The Morgan fingerprint density at radius 3 is 2.61 bits per heavy atom. The molecule has 0 radical (unpaired) electrons. The number of hydrogen-bond donors (Lipinski definition) is 1. The van der Waals surface area contributed by atoms with E-state index in [1.54, 1.807) is 12.1 Å². The number of aromatic nitrogens is 1. The maximum absolute atomic E-state index is 10.6. The van der Waals surface area contributed by atoms with E-state index in [2.05, 4.69) is 65.9 Å². The summed E-state index contributed by atoms with van der Waals surface area (Å²) >= 11 is 6.30. The van der Waals surface area contributed by atoms with Gasteiger partial charge in [0.15, 0.2) is 0 Å². The van der Waals surface area contributed by atoms with E-state index in [4.69, 9.17) is 11.6 Å². The molecule has 2 heterocycles. The van der Waals surface area contributed by atoms with Gasteiger partial charge in [-0.25, -0.2) is 0 Å². The third-order valence-electron chi connectivity index (χ3n) is 5.67. The van der Waals surface area contributed by atoms with Gasteiger partial charge in [0.2, 0.25) is 0 Å². The van der Waals surface area contributed by atoms with Crippen LogP contribution in [-0.4, -0.2) is 21.1 Å². The van der Waals surface area contributed by atoms with E-state index >= 15 is 0 Å². The molecule has 0 spiro atoms. The number of benzene rings is 2. The molecule has 3 nitrogen and oxygen atoms in total. The van der Waals surface area contributed by atoms with Crippen molar-refractivity contribution in [2.24, 2.45) is 0 Å². The number of aromatic hydroxyl groups is 1. The smallest absolute Gasteiger partial charge is 0.120 e. The van der Waals surface area contributed by atoms with Crippen LogP contribution in [0.4, 0.5) is 0 Å². The number of aryl methyl sites for hydroxylation is 1. The lowest BCUT2D eigenvalue weighted by Crippen LogP contribution is -2.29. The van der Waals surface area contributed by atoms with Crippen LogP contribution in [0.2, 0.25) is 5.02 Å². The lowest BCUT2D eigenvalue weighted by Gasteiger charge is -2.31. The van der Waals surface area contributed by atoms with Crippen molar-refractivity contribution < 1.29 is 5.11 Å². The van der Waals surface area contributed by atoms with Gasteiger partial charge >= 0.3 is 0 Å². The summed E-state index contributed by atoms with van der Waals surface area (Å²) in [7, 11) is 0. The van der Waals surface area contributed by atoms with Crippen LogP contribution in [-0.2, 0) is 13.1 Å². The zero-order valence-electron chi connectivity index (χ0n) is 16.5. The summed E-state index contributed by atoms with van der Waals surface area (Å²) in [5.74, 6) is 0.830. The van der Waals surface area contributed by atoms with Gasteiger partial charge in [0.05, 0.1) is 6.04 Å². The zero-order valence-corrected chi connectivity index (χ0v) is 17.2. The van der Waals surface area contributed by atoms with Crippen LogP contribution in [0.3, 0.4) is 0 Å². The Morgan fingerprint density at radius 2 is 1.86 bits per heavy atom. The highest BCUT2D eigenvalue weighted by molar-refractivity contribution is 6.30. The molecule has 4 heteroatoms. The van der Waals surface area contributed by atoms with Gasteiger partial charge in [0, 0.05) is 42.1 Å². The Balaban J connectivity index is 1.72. The monoisotopic (exact) mass is 394 g/mol. The van der Waals surface area contributed by atoms with E-state index in [1.165, 1.54) is 16.8 Å². The van der Waals surface area contributed by atoms with E-state index in [1.807, 2.05) is 6.07 Å². The van der Waals surface area contributed by atoms with E-state index in [0.717, 1.165) is 31.6 Å². The van der Waals surface area contributed by atoms with Crippen LogP contribution in [0.1, 0.15) is 54.6 Å². The fourth-order valence-electron chi connectivity index (χ4n) is 4.15. The van der Waals surface area contributed by atoms with Crippen LogP contribution >= 0.6 is 11.6 Å². The molecule has 146 valence electrons. The Labute approximate surface area is 172 Å². The lowest BCUT2D eigenvalue weighted by molar-refractivity contribution is 0.217. The van der Waals surface area contributed by atoms with Crippen LogP contribution in [0, 0.1) is 0 Å². The second-order valence-electron chi connectivity index (χ2n) is 7.95. The first-order valence-electron chi connectivity index (χ1n) is 9.99.